The minimum atomic E-state index is -2.23. The first-order chi connectivity index (χ1) is 16.3. The van der Waals surface area contributed by atoms with Gasteiger partial charge in [-0.05, 0) is 12.1 Å². The monoisotopic (exact) mass is 532 g/mol. The van der Waals surface area contributed by atoms with Gasteiger partial charge in [0.25, 0.3) is 0 Å². The van der Waals surface area contributed by atoms with E-state index in [4.69, 9.17) is 0 Å². The number of hydrogen-bond donors (Lipinski definition) is 0. The van der Waals surface area contributed by atoms with Crippen LogP contribution < -0.4 is 5.01 Å². The molecule has 0 radical (unpaired) electrons. The Hall–Kier alpha value is -3.66. The smallest absolute Gasteiger partial charge is 0.200 e. The third kappa shape index (κ3) is 4.67. The summed E-state index contributed by atoms with van der Waals surface area (Å²) in [4.78, 5) is 9.05. The van der Waals surface area contributed by atoms with Crippen molar-refractivity contribution in [2.75, 3.05) is 12.1 Å². The van der Waals surface area contributed by atoms with Crippen LogP contribution in [0.2, 0.25) is 0 Å². The Morgan fingerprint density at radius 1 is 0.765 bits per heavy atom. The first kappa shape index (κ1) is 23.5. The van der Waals surface area contributed by atoms with Gasteiger partial charge in [-0.2, -0.15) is 5.10 Å². The van der Waals surface area contributed by atoms with Crippen molar-refractivity contribution in [1.82, 2.24) is 9.97 Å². The molecule has 0 bridgehead atoms. The summed E-state index contributed by atoms with van der Waals surface area (Å²) >= 11 is 3.37. The molecular formula is C24H14BrF5N4. The first-order valence-corrected chi connectivity index (χ1v) is 10.5. The molecular weight excluding hydrogens is 519 g/mol. The van der Waals surface area contributed by atoms with E-state index >= 15 is 0 Å². The molecule has 4 aromatic rings. The van der Waals surface area contributed by atoms with Crippen molar-refractivity contribution >= 4 is 28.0 Å². The van der Waals surface area contributed by atoms with E-state index in [-0.39, 0.29) is 5.82 Å². The van der Waals surface area contributed by atoms with E-state index in [1.54, 1.807) is 18.2 Å². The number of rotatable bonds is 5. The van der Waals surface area contributed by atoms with Gasteiger partial charge in [0, 0.05) is 28.7 Å². The lowest BCUT2D eigenvalue weighted by molar-refractivity contribution is 0.377. The Bertz CT molecular complexity index is 1350. The predicted molar refractivity (Wildman–Crippen MR) is 123 cm³/mol. The van der Waals surface area contributed by atoms with Gasteiger partial charge in [0.2, 0.25) is 5.82 Å². The van der Waals surface area contributed by atoms with E-state index in [9.17, 15) is 22.0 Å². The van der Waals surface area contributed by atoms with Crippen molar-refractivity contribution in [3.05, 3.63) is 99.8 Å². The van der Waals surface area contributed by atoms with Crippen LogP contribution in [-0.4, -0.2) is 23.2 Å². The maximum Gasteiger partial charge on any atom is 0.200 e. The molecule has 0 aliphatic rings. The molecule has 10 heteroatoms. The number of hydrazone groups is 1. The SMILES string of the molecule is CN(N=Cc1c(F)c(F)c(F)c(F)c1F)c1cc(-c2ccccc2)nc(-c2ccc(Br)cc2)n1. The summed E-state index contributed by atoms with van der Waals surface area (Å²) in [7, 11) is 1.42. The Morgan fingerprint density at radius 2 is 1.35 bits per heavy atom. The van der Waals surface area contributed by atoms with E-state index in [0.717, 1.165) is 15.0 Å². The standard InChI is InChI=1S/C24H14BrF5N4/c1-34(31-12-16-19(26)21(28)23(30)22(29)20(16)27)18-11-17(13-5-3-2-4-6-13)32-24(33-18)14-7-9-15(25)10-8-14/h2-12H,1H3. The first-order valence-electron chi connectivity index (χ1n) is 9.76. The van der Waals surface area contributed by atoms with Gasteiger partial charge >= 0.3 is 0 Å². The fourth-order valence-corrected chi connectivity index (χ4v) is 3.29. The van der Waals surface area contributed by atoms with Crippen LogP contribution >= 0.6 is 15.9 Å². The molecule has 0 atom stereocenters. The van der Waals surface area contributed by atoms with Gasteiger partial charge in [-0.3, -0.25) is 5.01 Å². The molecule has 0 fully saturated rings. The van der Waals surface area contributed by atoms with Gasteiger partial charge in [-0.15, -0.1) is 0 Å². The zero-order valence-electron chi connectivity index (χ0n) is 17.4. The lowest BCUT2D eigenvalue weighted by Gasteiger charge is -2.15. The van der Waals surface area contributed by atoms with E-state index in [0.29, 0.717) is 23.3 Å². The van der Waals surface area contributed by atoms with E-state index < -0.39 is 34.6 Å². The van der Waals surface area contributed by atoms with Crippen LogP contribution in [-0.2, 0) is 0 Å². The van der Waals surface area contributed by atoms with E-state index in [2.05, 4.69) is 31.0 Å². The number of halogens is 6. The van der Waals surface area contributed by atoms with Crippen LogP contribution in [0.5, 0.6) is 0 Å². The summed E-state index contributed by atoms with van der Waals surface area (Å²) in [6, 6.07) is 18.0. The second-order valence-corrected chi connectivity index (χ2v) is 7.98. The second kappa shape index (κ2) is 9.68. The van der Waals surface area contributed by atoms with Gasteiger partial charge in [0.15, 0.2) is 34.9 Å². The summed E-state index contributed by atoms with van der Waals surface area (Å²) in [5.41, 5.74) is 0.858. The number of hydrogen-bond acceptors (Lipinski definition) is 4. The van der Waals surface area contributed by atoms with Crippen LogP contribution in [0.25, 0.3) is 22.6 Å². The molecule has 172 valence electrons. The molecule has 0 spiro atoms. The molecule has 0 saturated heterocycles. The molecule has 4 nitrogen and oxygen atoms in total. The highest BCUT2D eigenvalue weighted by atomic mass is 79.9. The van der Waals surface area contributed by atoms with Crippen LogP contribution in [0.4, 0.5) is 27.8 Å². The summed E-state index contributed by atoms with van der Waals surface area (Å²) in [5, 5.41) is 5.00. The second-order valence-electron chi connectivity index (χ2n) is 7.06. The number of nitrogens with zero attached hydrogens (tertiary/aromatic N) is 4. The van der Waals surface area contributed by atoms with E-state index in [1.807, 2.05) is 42.5 Å². The topological polar surface area (TPSA) is 41.4 Å². The highest BCUT2D eigenvalue weighted by molar-refractivity contribution is 9.10. The Morgan fingerprint density at radius 3 is 1.97 bits per heavy atom. The summed E-state index contributed by atoms with van der Waals surface area (Å²) in [6.45, 7) is 0. The maximum absolute atomic E-state index is 14.0. The normalized spacial score (nSPS) is 11.3. The molecule has 0 aliphatic heterocycles. The summed E-state index contributed by atoms with van der Waals surface area (Å²) < 4.78 is 69.2. The predicted octanol–water partition coefficient (Wildman–Crippen LogP) is 6.74. The Balaban J connectivity index is 1.78. The number of benzene rings is 3. The molecule has 0 aliphatic carbocycles. The molecule has 4 rings (SSSR count). The molecule has 1 heterocycles. The molecule has 0 N–H and O–H groups in total. The third-order valence-electron chi connectivity index (χ3n) is 4.82. The fourth-order valence-electron chi connectivity index (χ4n) is 3.02. The molecule has 0 amide bonds. The van der Waals surface area contributed by atoms with Crippen LogP contribution in [0.3, 0.4) is 0 Å². The average Bonchev–Trinajstić information content (AvgIpc) is 2.86. The summed E-state index contributed by atoms with van der Waals surface area (Å²) in [6.07, 6.45) is 0.555. The minimum absolute atomic E-state index is 0.229. The van der Waals surface area contributed by atoms with Crippen LogP contribution in [0.15, 0.2) is 70.2 Å². The van der Waals surface area contributed by atoms with Crippen molar-refractivity contribution < 1.29 is 22.0 Å². The van der Waals surface area contributed by atoms with Crippen molar-refractivity contribution in [3.8, 4) is 22.6 Å². The van der Waals surface area contributed by atoms with Crippen LogP contribution in [0, 0.1) is 29.1 Å². The third-order valence-corrected chi connectivity index (χ3v) is 5.35. The molecule has 34 heavy (non-hydrogen) atoms. The zero-order chi connectivity index (χ0) is 24.4. The minimum Gasteiger partial charge on any atom is -0.251 e. The lowest BCUT2D eigenvalue weighted by Crippen LogP contribution is -2.14. The molecule has 1 aromatic heterocycles. The lowest BCUT2D eigenvalue weighted by atomic mass is 10.1. The highest BCUT2D eigenvalue weighted by Gasteiger charge is 2.25. The average molecular weight is 533 g/mol. The quantitative estimate of drug-likeness (QED) is 0.0939. The van der Waals surface area contributed by atoms with Gasteiger partial charge in [-0.25, -0.2) is 31.9 Å². The Labute approximate surface area is 199 Å². The van der Waals surface area contributed by atoms with Gasteiger partial charge < -0.3 is 0 Å². The summed E-state index contributed by atoms with van der Waals surface area (Å²) in [5.74, 6) is -9.70. The zero-order valence-corrected chi connectivity index (χ0v) is 19.0. The number of anilines is 1. The molecule has 0 unspecified atom stereocenters. The van der Waals surface area contributed by atoms with Crippen molar-refractivity contribution in [2.24, 2.45) is 5.10 Å². The molecule has 0 saturated carbocycles. The van der Waals surface area contributed by atoms with Gasteiger partial charge in [0.05, 0.1) is 17.5 Å². The highest BCUT2D eigenvalue weighted by Crippen LogP contribution is 2.27. The van der Waals surface area contributed by atoms with Gasteiger partial charge in [-0.1, -0.05) is 58.4 Å². The van der Waals surface area contributed by atoms with Crippen molar-refractivity contribution in [2.45, 2.75) is 0 Å². The van der Waals surface area contributed by atoms with Gasteiger partial charge in [0.1, 0.15) is 0 Å². The van der Waals surface area contributed by atoms with Crippen LogP contribution in [0.1, 0.15) is 5.56 Å². The number of aromatic nitrogens is 2. The van der Waals surface area contributed by atoms with Crippen molar-refractivity contribution in [1.29, 1.82) is 0 Å². The molecule has 3 aromatic carbocycles. The largest absolute Gasteiger partial charge is 0.251 e. The fraction of sp³-hybridized carbons (Fsp3) is 0.0417. The van der Waals surface area contributed by atoms with Crippen molar-refractivity contribution in [3.63, 3.8) is 0 Å². The maximum atomic E-state index is 14.0. The Kier molecular flexibility index (Phi) is 6.69. The van der Waals surface area contributed by atoms with E-state index in [1.165, 1.54) is 7.05 Å².